The average molecular weight is 1080 g/mol. The molecule has 9 nitrogen and oxygen atoms in total. The molecule has 442 valence electrons. The third kappa shape index (κ3) is 45.3. The highest BCUT2D eigenvalue weighted by atomic mass is 16.7. The number of ether oxygens (including phenoxy) is 2. The number of hydrogen-bond acceptors (Lipinski definition) is 8. The molecule has 0 radical (unpaired) electrons. The SMILES string of the molecule is CC/C=C\C/C=C\C/C=C\C/C=C\C/C=C\C/C=C\C/C=C\C/C=C\C/C=C\CCCCCC(=O)NC(COC1OC(CO)C(O)C(O)C1O)C(O)CCCCCCCCCCCCCCCCCCCCCCCCC. The Kier molecular flexibility index (Phi) is 52.4. The summed E-state index contributed by atoms with van der Waals surface area (Å²) in [5, 5.41) is 54.8. The minimum atomic E-state index is -1.57. The molecule has 0 saturated carbocycles. The number of aliphatic hydroxyl groups excluding tert-OH is 5. The third-order valence-corrected chi connectivity index (χ3v) is 14.4. The molecule has 0 aliphatic carbocycles. The lowest BCUT2D eigenvalue weighted by Crippen LogP contribution is -2.60. The van der Waals surface area contributed by atoms with Crippen LogP contribution in [0.2, 0.25) is 0 Å². The van der Waals surface area contributed by atoms with Crippen molar-refractivity contribution in [2.75, 3.05) is 13.2 Å². The molecule has 1 fully saturated rings. The first-order valence-corrected chi connectivity index (χ1v) is 31.6. The molecular weight excluding hydrogens is 959 g/mol. The van der Waals surface area contributed by atoms with Gasteiger partial charge in [0.25, 0.3) is 0 Å². The van der Waals surface area contributed by atoms with Gasteiger partial charge in [0.1, 0.15) is 24.4 Å². The number of aliphatic hydroxyl groups is 5. The molecule has 1 aliphatic heterocycles. The predicted octanol–water partition coefficient (Wildman–Crippen LogP) is 16.5. The molecule has 7 atom stereocenters. The molecule has 1 amide bonds. The van der Waals surface area contributed by atoms with E-state index in [0.717, 1.165) is 103 Å². The molecule has 1 saturated heterocycles. The Bertz CT molecular complexity index is 1580. The first-order chi connectivity index (χ1) is 37.8. The predicted molar refractivity (Wildman–Crippen MR) is 327 cm³/mol. The molecule has 6 N–H and O–H groups in total. The quantitative estimate of drug-likeness (QED) is 0.0261. The number of carbonyl (C=O) groups is 1. The van der Waals surface area contributed by atoms with Crippen molar-refractivity contribution in [3.8, 4) is 0 Å². The molecule has 0 aromatic heterocycles. The summed E-state index contributed by atoms with van der Waals surface area (Å²) < 4.78 is 11.3. The molecule has 9 heteroatoms. The van der Waals surface area contributed by atoms with Gasteiger partial charge >= 0.3 is 0 Å². The number of carbonyl (C=O) groups excluding carboxylic acids is 1. The Hall–Kier alpha value is -3.15. The topological polar surface area (TPSA) is 149 Å². The molecule has 1 aliphatic rings. The third-order valence-electron chi connectivity index (χ3n) is 14.4. The van der Waals surface area contributed by atoms with Crippen LogP contribution in [0.15, 0.2) is 109 Å². The highest BCUT2D eigenvalue weighted by Gasteiger charge is 2.44. The lowest BCUT2D eigenvalue weighted by molar-refractivity contribution is -0.302. The summed E-state index contributed by atoms with van der Waals surface area (Å²) in [6, 6.07) is -0.747. The van der Waals surface area contributed by atoms with Crippen molar-refractivity contribution in [3.63, 3.8) is 0 Å². The molecule has 1 heterocycles. The zero-order valence-electron chi connectivity index (χ0n) is 49.2. The van der Waals surface area contributed by atoms with Gasteiger partial charge in [-0.25, -0.2) is 0 Å². The normalized spacial score (nSPS) is 19.5. The van der Waals surface area contributed by atoms with E-state index in [2.05, 4.69) is 129 Å². The second kappa shape index (κ2) is 56.1. The van der Waals surface area contributed by atoms with E-state index in [-0.39, 0.29) is 12.5 Å². The fourth-order valence-corrected chi connectivity index (χ4v) is 9.45. The van der Waals surface area contributed by atoms with Crippen LogP contribution >= 0.6 is 0 Å². The zero-order valence-corrected chi connectivity index (χ0v) is 49.2. The lowest BCUT2D eigenvalue weighted by Gasteiger charge is -2.40. The second-order valence-electron chi connectivity index (χ2n) is 21.5. The number of amides is 1. The van der Waals surface area contributed by atoms with Crippen LogP contribution < -0.4 is 5.32 Å². The number of nitrogens with one attached hydrogen (secondary N) is 1. The lowest BCUT2D eigenvalue weighted by atomic mass is 9.99. The molecule has 0 aromatic carbocycles. The Morgan fingerprint density at radius 2 is 0.805 bits per heavy atom. The van der Waals surface area contributed by atoms with Crippen LogP contribution in [0.4, 0.5) is 0 Å². The first kappa shape index (κ1) is 71.9. The first-order valence-electron chi connectivity index (χ1n) is 31.6. The van der Waals surface area contributed by atoms with Crippen LogP contribution in [-0.2, 0) is 14.3 Å². The fourth-order valence-electron chi connectivity index (χ4n) is 9.45. The summed E-state index contributed by atoms with van der Waals surface area (Å²) in [7, 11) is 0. The van der Waals surface area contributed by atoms with Crippen molar-refractivity contribution in [3.05, 3.63) is 109 Å². The van der Waals surface area contributed by atoms with E-state index < -0.39 is 49.5 Å². The van der Waals surface area contributed by atoms with Crippen molar-refractivity contribution in [1.29, 1.82) is 0 Å². The van der Waals surface area contributed by atoms with E-state index >= 15 is 0 Å². The van der Waals surface area contributed by atoms with Crippen molar-refractivity contribution < 1.29 is 39.8 Å². The minimum Gasteiger partial charge on any atom is -0.394 e. The second-order valence-corrected chi connectivity index (χ2v) is 21.5. The summed E-state index contributed by atoms with van der Waals surface area (Å²) in [5.74, 6) is -0.178. The molecule has 77 heavy (non-hydrogen) atoms. The summed E-state index contributed by atoms with van der Waals surface area (Å²) in [6.07, 6.45) is 75.5. The van der Waals surface area contributed by atoms with E-state index in [0.29, 0.717) is 12.8 Å². The maximum absolute atomic E-state index is 13.1. The molecule has 7 unspecified atom stereocenters. The summed E-state index contributed by atoms with van der Waals surface area (Å²) >= 11 is 0. The average Bonchev–Trinajstić information content (AvgIpc) is 3.43. The number of rotatable bonds is 53. The van der Waals surface area contributed by atoms with E-state index in [1.165, 1.54) is 128 Å². The van der Waals surface area contributed by atoms with Gasteiger partial charge in [-0.3, -0.25) is 4.79 Å². The Morgan fingerprint density at radius 1 is 0.455 bits per heavy atom. The molecule has 1 rings (SSSR count). The Balaban J connectivity index is 2.23. The van der Waals surface area contributed by atoms with Crippen LogP contribution in [-0.4, -0.2) is 87.5 Å². The highest BCUT2D eigenvalue weighted by molar-refractivity contribution is 5.76. The smallest absolute Gasteiger partial charge is 0.220 e. The largest absolute Gasteiger partial charge is 0.394 e. The summed E-state index contributed by atoms with van der Waals surface area (Å²) in [6.45, 7) is 3.72. The van der Waals surface area contributed by atoms with Crippen molar-refractivity contribution >= 4 is 5.91 Å². The highest BCUT2D eigenvalue weighted by Crippen LogP contribution is 2.23. The fraction of sp³-hybridized carbons (Fsp3) is 0.721. The Labute approximate surface area is 472 Å². The summed E-state index contributed by atoms with van der Waals surface area (Å²) in [4.78, 5) is 13.1. The van der Waals surface area contributed by atoms with Gasteiger partial charge in [0.2, 0.25) is 5.91 Å². The molecule has 0 bridgehead atoms. The van der Waals surface area contributed by atoms with Gasteiger partial charge in [0, 0.05) is 6.42 Å². The van der Waals surface area contributed by atoms with E-state index in [1.807, 2.05) is 0 Å². The van der Waals surface area contributed by atoms with Gasteiger partial charge in [-0.1, -0.05) is 277 Å². The zero-order chi connectivity index (χ0) is 55.8. The van der Waals surface area contributed by atoms with Crippen LogP contribution in [0.5, 0.6) is 0 Å². The monoisotopic (exact) mass is 1080 g/mol. The molecular formula is C68H117NO8. The van der Waals surface area contributed by atoms with E-state index in [9.17, 15) is 30.3 Å². The van der Waals surface area contributed by atoms with Gasteiger partial charge in [-0.05, 0) is 83.5 Å². The van der Waals surface area contributed by atoms with Crippen LogP contribution in [0.25, 0.3) is 0 Å². The van der Waals surface area contributed by atoms with Crippen LogP contribution in [0, 0.1) is 0 Å². The Morgan fingerprint density at radius 3 is 1.18 bits per heavy atom. The maximum Gasteiger partial charge on any atom is 0.220 e. The van der Waals surface area contributed by atoms with Crippen molar-refractivity contribution in [2.24, 2.45) is 0 Å². The van der Waals surface area contributed by atoms with Gasteiger partial charge < -0.3 is 40.3 Å². The van der Waals surface area contributed by atoms with Crippen molar-refractivity contribution in [2.45, 2.75) is 301 Å². The molecule has 0 spiro atoms. The number of unbranched alkanes of at least 4 members (excludes halogenated alkanes) is 25. The van der Waals surface area contributed by atoms with Crippen LogP contribution in [0.3, 0.4) is 0 Å². The molecule has 0 aromatic rings. The van der Waals surface area contributed by atoms with Gasteiger partial charge in [0.05, 0.1) is 25.4 Å². The van der Waals surface area contributed by atoms with Gasteiger partial charge in [0.15, 0.2) is 6.29 Å². The number of hydrogen-bond donors (Lipinski definition) is 6. The van der Waals surface area contributed by atoms with E-state index in [1.54, 1.807) is 0 Å². The maximum atomic E-state index is 13.1. The van der Waals surface area contributed by atoms with Gasteiger partial charge in [-0.15, -0.1) is 0 Å². The minimum absolute atomic E-state index is 0.158. The van der Waals surface area contributed by atoms with Crippen molar-refractivity contribution in [1.82, 2.24) is 5.32 Å². The number of allylic oxidation sites excluding steroid dienone is 18. The standard InChI is InChI=1S/C68H117NO8/c1-3-5-7-9-11-13-15-17-19-21-23-25-27-28-29-30-31-32-33-34-36-38-40-42-44-46-48-50-52-54-56-58-64(72)69-61(60-76-68-67(75)66(74)65(73)63(59-70)77-68)62(71)57-55-53-51-49-47-45-43-41-39-37-35-26-24-22-20-18-16-14-12-10-8-6-4-2/h5,7,11,13,17,19,23,25,28-29,31-32,34,36,40,42,46,48,61-63,65-68,70-71,73-75H,3-4,6,8-10,12,14-16,18,20-22,24,26-27,30,33,35,37-39,41,43-45,47,49-60H2,1-2H3,(H,69,72)/b7-5-,13-11-,19-17-,25-23-,29-28-,32-31-,36-34-,42-40-,48-46-. The van der Waals surface area contributed by atoms with Gasteiger partial charge in [-0.2, -0.15) is 0 Å². The van der Waals surface area contributed by atoms with Crippen LogP contribution in [0.1, 0.15) is 258 Å². The summed E-state index contributed by atoms with van der Waals surface area (Å²) in [5.41, 5.74) is 0. The van der Waals surface area contributed by atoms with E-state index in [4.69, 9.17) is 9.47 Å².